The zero-order valence-electron chi connectivity index (χ0n) is 17.2. The Kier molecular flexibility index (Phi) is 8.88. The Morgan fingerprint density at radius 2 is 1.90 bits per heavy atom. The van der Waals surface area contributed by atoms with Gasteiger partial charge in [-0.3, -0.25) is 9.69 Å². The number of ether oxygens (including phenoxy) is 2. The van der Waals surface area contributed by atoms with Crippen LogP contribution in [0.25, 0.3) is 0 Å². The minimum atomic E-state index is -0.464. The zero-order chi connectivity index (χ0) is 21.2. The Morgan fingerprint density at radius 1 is 1.13 bits per heavy atom. The molecule has 1 aromatic carbocycles. The van der Waals surface area contributed by atoms with Gasteiger partial charge in [0.1, 0.15) is 6.10 Å². The Hall–Kier alpha value is -2.20. The third kappa shape index (κ3) is 7.24. The number of para-hydroxylation sites is 1. The van der Waals surface area contributed by atoms with Crippen LogP contribution in [-0.4, -0.2) is 86.2 Å². The highest BCUT2D eigenvalue weighted by Crippen LogP contribution is 2.22. The molecule has 0 unspecified atom stereocenters. The Bertz CT molecular complexity index is 669. The molecule has 2 heterocycles. The number of hydrogen-bond donors (Lipinski definition) is 4. The number of amides is 3. The third-order valence-electron chi connectivity index (χ3n) is 5.40. The second-order valence-corrected chi connectivity index (χ2v) is 7.65. The molecule has 9 heteroatoms. The number of carbonyl (C=O) groups excluding carboxylic acids is 2. The van der Waals surface area contributed by atoms with Gasteiger partial charge in [0.05, 0.1) is 38.5 Å². The molecule has 0 saturated carbocycles. The maximum atomic E-state index is 12.2. The molecule has 2 saturated heterocycles. The van der Waals surface area contributed by atoms with Crippen LogP contribution in [0.2, 0.25) is 0 Å². The summed E-state index contributed by atoms with van der Waals surface area (Å²) in [5.74, 6) is 0.00328. The number of aliphatic hydroxyl groups excluding tert-OH is 1. The molecule has 0 bridgehead atoms. The van der Waals surface area contributed by atoms with E-state index in [1.54, 1.807) is 0 Å². The average molecular weight is 421 g/mol. The van der Waals surface area contributed by atoms with E-state index in [0.29, 0.717) is 44.8 Å². The Morgan fingerprint density at radius 3 is 2.63 bits per heavy atom. The van der Waals surface area contributed by atoms with Crippen molar-refractivity contribution in [2.24, 2.45) is 0 Å². The van der Waals surface area contributed by atoms with Crippen LogP contribution < -0.4 is 16.0 Å². The number of anilines is 1. The number of carbonyl (C=O) groups is 2. The second kappa shape index (κ2) is 11.8. The maximum absolute atomic E-state index is 12.2. The first-order valence-electron chi connectivity index (χ1n) is 10.6. The number of urea groups is 1. The summed E-state index contributed by atoms with van der Waals surface area (Å²) in [5, 5.41) is 18.3. The molecule has 30 heavy (non-hydrogen) atoms. The van der Waals surface area contributed by atoms with Crippen molar-refractivity contribution in [2.75, 3.05) is 51.3 Å². The summed E-state index contributed by atoms with van der Waals surface area (Å²) in [6.07, 6.45) is 1.62. The van der Waals surface area contributed by atoms with Crippen LogP contribution >= 0.6 is 0 Å². The van der Waals surface area contributed by atoms with Crippen LogP contribution in [0.5, 0.6) is 0 Å². The van der Waals surface area contributed by atoms with Gasteiger partial charge in [-0.15, -0.1) is 0 Å². The SMILES string of the molecule is O=C(CN1CCOCC1)NCC[C@H]1CC[C@@H](NC(=O)Nc2ccccc2)[C@@H](CO)O1. The minimum Gasteiger partial charge on any atom is -0.394 e. The van der Waals surface area contributed by atoms with Crippen molar-refractivity contribution >= 4 is 17.6 Å². The van der Waals surface area contributed by atoms with Crippen LogP contribution in [0.15, 0.2) is 30.3 Å². The summed E-state index contributed by atoms with van der Waals surface area (Å²) in [7, 11) is 0. The summed E-state index contributed by atoms with van der Waals surface area (Å²) in [6.45, 7) is 3.65. The molecule has 9 nitrogen and oxygen atoms in total. The molecule has 3 rings (SSSR count). The fourth-order valence-electron chi connectivity index (χ4n) is 3.76. The quantitative estimate of drug-likeness (QED) is 0.489. The number of rotatable bonds is 8. The standard InChI is InChI=1S/C21H32N4O5/c26-15-19-18(24-21(28)23-16-4-2-1-3-5-16)7-6-17(30-19)8-9-22-20(27)14-25-10-12-29-13-11-25/h1-5,17-19,26H,6-15H2,(H,22,27)(H2,23,24,28)/t17-,18-,19-/m1/s1. The van der Waals surface area contributed by atoms with Gasteiger partial charge in [-0.1, -0.05) is 18.2 Å². The largest absolute Gasteiger partial charge is 0.394 e. The highest BCUT2D eigenvalue weighted by molar-refractivity contribution is 5.89. The van der Waals surface area contributed by atoms with E-state index in [4.69, 9.17) is 9.47 Å². The summed E-state index contributed by atoms with van der Waals surface area (Å²) < 4.78 is 11.2. The lowest BCUT2D eigenvalue weighted by Gasteiger charge is -2.36. The summed E-state index contributed by atoms with van der Waals surface area (Å²) in [6, 6.07) is 8.62. The molecule has 0 aliphatic carbocycles. The topological polar surface area (TPSA) is 112 Å². The van der Waals surface area contributed by atoms with E-state index in [0.717, 1.165) is 19.5 Å². The van der Waals surface area contributed by atoms with Crippen LogP contribution in [0, 0.1) is 0 Å². The molecule has 0 spiro atoms. The van der Waals surface area contributed by atoms with Crippen molar-refractivity contribution in [2.45, 2.75) is 37.5 Å². The van der Waals surface area contributed by atoms with E-state index >= 15 is 0 Å². The lowest BCUT2D eigenvalue weighted by molar-refractivity contribution is -0.123. The van der Waals surface area contributed by atoms with E-state index < -0.39 is 6.10 Å². The summed E-state index contributed by atoms with van der Waals surface area (Å²) in [5.41, 5.74) is 0.706. The van der Waals surface area contributed by atoms with Gasteiger partial charge in [-0.05, 0) is 31.4 Å². The first kappa shape index (κ1) is 22.5. The predicted molar refractivity (Wildman–Crippen MR) is 112 cm³/mol. The first-order chi connectivity index (χ1) is 14.6. The number of nitrogens with one attached hydrogen (secondary N) is 3. The minimum absolute atomic E-state index is 0.00328. The molecule has 166 valence electrons. The smallest absolute Gasteiger partial charge is 0.319 e. The Labute approximate surface area is 177 Å². The van der Waals surface area contributed by atoms with E-state index in [2.05, 4.69) is 20.9 Å². The fourth-order valence-corrected chi connectivity index (χ4v) is 3.76. The molecule has 0 radical (unpaired) electrons. The highest BCUT2D eigenvalue weighted by atomic mass is 16.5. The van der Waals surface area contributed by atoms with E-state index in [9.17, 15) is 14.7 Å². The Balaban J connectivity index is 1.35. The molecular weight excluding hydrogens is 388 g/mol. The zero-order valence-corrected chi connectivity index (χ0v) is 17.2. The highest BCUT2D eigenvalue weighted by Gasteiger charge is 2.31. The molecule has 1 aromatic rings. The first-order valence-corrected chi connectivity index (χ1v) is 10.6. The molecule has 3 atom stereocenters. The van der Waals surface area contributed by atoms with Crippen molar-refractivity contribution in [3.63, 3.8) is 0 Å². The van der Waals surface area contributed by atoms with Gasteiger partial charge < -0.3 is 30.5 Å². The number of aliphatic hydroxyl groups is 1. The molecular formula is C21H32N4O5. The van der Waals surface area contributed by atoms with Crippen LogP contribution in [0.4, 0.5) is 10.5 Å². The fraction of sp³-hybridized carbons (Fsp3) is 0.619. The van der Waals surface area contributed by atoms with Gasteiger partial charge >= 0.3 is 6.03 Å². The summed E-state index contributed by atoms with van der Waals surface area (Å²) >= 11 is 0. The normalized spacial score (nSPS) is 24.8. The maximum Gasteiger partial charge on any atom is 0.319 e. The molecule has 2 aliphatic rings. The number of nitrogens with zero attached hydrogens (tertiary/aromatic N) is 1. The number of morpholine rings is 1. The van der Waals surface area contributed by atoms with E-state index in [-0.39, 0.29) is 30.7 Å². The summed E-state index contributed by atoms with van der Waals surface area (Å²) in [4.78, 5) is 26.4. The molecule has 2 aliphatic heterocycles. The monoisotopic (exact) mass is 420 g/mol. The molecule has 3 amide bonds. The third-order valence-corrected chi connectivity index (χ3v) is 5.40. The van der Waals surface area contributed by atoms with Gasteiger partial charge in [0, 0.05) is 25.3 Å². The van der Waals surface area contributed by atoms with Gasteiger partial charge in [0.15, 0.2) is 0 Å². The number of hydrogen-bond acceptors (Lipinski definition) is 6. The molecule has 4 N–H and O–H groups in total. The average Bonchev–Trinajstić information content (AvgIpc) is 2.76. The van der Waals surface area contributed by atoms with Crippen molar-refractivity contribution in [3.05, 3.63) is 30.3 Å². The van der Waals surface area contributed by atoms with Gasteiger partial charge in [-0.2, -0.15) is 0 Å². The lowest BCUT2D eigenvalue weighted by Crippen LogP contribution is -2.52. The van der Waals surface area contributed by atoms with Gasteiger partial charge in [0.25, 0.3) is 0 Å². The van der Waals surface area contributed by atoms with Crippen molar-refractivity contribution in [3.8, 4) is 0 Å². The van der Waals surface area contributed by atoms with Crippen LogP contribution in [0.1, 0.15) is 19.3 Å². The van der Waals surface area contributed by atoms with Gasteiger partial charge in [0.2, 0.25) is 5.91 Å². The van der Waals surface area contributed by atoms with Crippen LogP contribution in [-0.2, 0) is 14.3 Å². The van der Waals surface area contributed by atoms with Gasteiger partial charge in [-0.25, -0.2) is 4.79 Å². The lowest BCUT2D eigenvalue weighted by atomic mass is 9.97. The second-order valence-electron chi connectivity index (χ2n) is 7.65. The van der Waals surface area contributed by atoms with Crippen molar-refractivity contribution in [1.82, 2.24) is 15.5 Å². The molecule has 0 aromatic heterocycles. The van der Waals surface area contributed by atoms with Crippen molar-refractivity contribution < 1.29 is 24.2 Å². The van der Waals surface area contributed by atoms with Crippen LogP contribution in [0.3, 0.4) is 0 Å². The van der Waals surface area contributed by atoms with E-state index in [1.807, 2.05) is 30.3 Å². The molecule has 2 fully saturated rings. The predicted octanol–water partition coefficient (Wildman–Crippen LogP) is 0.555. The number of benzene rings is 1. The van der Waals surface area contributed by atoms with Crippen molar-refractivity contribution in [1.29, 1.82) is 0 Å². The van der Waals surface area contributed by atoms with E-state index in [1.165, 1.54) is 0 Å².